The van der Waals surface area contributed by atoms with Crippen LogP contribution in [0.2, 0.25) is 0 Å². The van der Waals surface area contributed by atoms with Gasteiger partial charge in [0.2, 0.25) is 5.91 Å². The number of rotatable bonds is 7. The first-order chi connectivity index (χ1) is 9.11. The fraction of sp³-hybridized carbons (Fsp3) is 0.385. The predicted octanol–water partition coefficient (Wildman–Crippen LogP) is 1.90. The molecule has 0 aliphatic carbocycles. The first-order valence-corrected chi connectivity index (χ1v) is 6.63. The zero-order valence-corrected chi connectivity index (χ0v) is 12.2. The fourth-order valence-corrected chi connectivity index (χ4v) is 1.69. The van der Waals surface area contributed by atoms with Crippen molar-refractivity contribution in [1.82, 2.24) is 5.32 Å². The van der Waals surface area contributed by atoms with Crippen LogP contribution in [-0.4, -0.2) is 32.1 Å². The maximum absolute atomic E-state index is 11.3. The monoisotopic (exact) mass is 329 g/mol. The molecular weight excluding hydrogens is 314 g/mol. The van der Waals surface area contributed by atoms with Crippen LogP contribution in [-0.2, 0) is 14.3 Å². The Morgan fingerprint density at radius 2 is 2.16 bits per heavy atom. The van der Waals surface area contributed by atoms with E-state index in [1.54, 1.807) is 0 Å². The predicted molar refractivity (Wildman–Crippen MR) is 73.9 cm³/mol. The minimum absolute atomic E-state index is 0.0954. The Morgan fingerprint density at radius 3 is 2.84 bits per heavy atom. The molecule has 0 unspecified atom stereocenters. The Morgan fingerprint density at radius 1 is 1.37 bits per heavy atom. The number of halogens is 1. The second-order valence-corrected chi connectivity index (χ2v) is 4.68. The fourth-order valence-electron chi connectivity index (χ4n) is 1.31. The van der Waals surface area contributed by atoms with E-state index in [9.17, 15) is 9.59 Å². The lowest BCUT2D eigenvalue weighted by atomic mass is 10.3. The molecule has 1 N–H and O–H groups in total. The Kier molecular flexibility index (Phi) is 6.95. The molecule has 0 fully saturated rings. The van der Waals surface area contributed by atoms with Crippen molar-refractivity contribution in [2.75, 3.05) is 20.3 Å². The molecule has 0 spiro atoms. The molecule has 0 heterocycles. The van der Waals surface area contributed by atoms with Crippen LogP contribution >= 0.6 is 15.9 Å². The van der Waals surface area contributed by atoms with E-state index in [1.807, 2.05) is 24.3 Å². The quantitative estimate of drug-likeness (QED) is 0.613. The van der Waals surface area contributed by atoms with E-state index < -0.39 is 5.97 Å². The minimum atomic E-state index is -0.460. The Bertz CT molecular complexity index is 436. The van der Waals surface area contributed by atoms with E-state index in [1.165, 1.54) is 7.11 Å². The molecule has 5 nitrogen and oxygen atoms in total. The average Bonchev–Trinajstić information content (AvgIpc) is 2.41. The number of benzene rings is 1. The van der Waals surface area contributed by atoms with Crippen LogP contribution in [0.3, 0.4) is 0 Å². The maximum atomic E-state index is 11.3. The summed E-state index contributed by atoms with van der Waals surface area (Å²) in [5.41, 5.74) is 0. The number of hydrogen-bond donors (Lipinski definition) is 1. The molecule has 1 amide bonds. The van der Waals surface area contributed by atoms with E-state index in [4.69, 9.17) is 4.74 Å². The maximum Gasteiger partial charge on any atom is 0.325 e. The molecule has 0 radical (unpaired) electrons. The third kappa shape index (κ3) is 6.81. The van der Waals surface area contributed by atoms with E-state index in [2.05, 4.69) is 26.0 Å². The number of esters is 1. The van der Waals surface area contributed by atoms with Gasteiger partial charge in [-0.15, -0.1) is 0 Å². The van der Waals surface area contributed by atoms with Gasteiger partial charge in [-0.3, -0.25) is 9.59 Å². The summed E-state index contributed by atoms with van der Waals surface area (Å²) in [4.78, 5) is 22.1. The molecular formula is C13H16BrNO4. The molecule has 0 saturated carbocycles. The highest BCUT2D eigenvalue weighted by Crippen LogP contribution is 2.17. The largest absolute Gasteiger partial charge is 0.494 e. The minimum Gasteiger partial charge on any atom is -0.494 e. The van der Waals surface area contributed by atoms with Crippen LogP contribution in [0.25, 0.3) is 0 Å². The summed E-state index contributed by atoms with van der Waals surface area (Å²) in [7, 11) is 1.28. The molecule has 0 bridgehead atoms. The molecule has 1 aromatic rings. The van der Waals surface area contributed by atoms with Gasteiger partial charge in [0.05, 0.1) is 13.7 Å². The third-order valence-electron chi connectivity index (χ3n) is 2.27. The second kappa shape index (κ2) is 8.53. The van der Waals surface area contributed by atoms with Crippen molar-refractivity contribution in [2.45, 2.75) is 12.8 Å². The van der Waals surface area contributed by atoms with Gasteiger partial charge in [0.1, 0.15) is 12.3 Å². The summed E-state index contributed by atoms with van der Waals surface area (Å²) in [5.74, 6) is 0.103. The van der Waals surface area contributed by atoms with Gasteiger partial charge in [-0.25, -0.2) is 0 Å². The lowest BCUT2D eigenvalue weighted by Crippen LogP contribution is -2.30. The van der Waals surface area contributed by atoms with Gasteiger partial charge in [-0.05, 0) is 24.6 Å². The van der Waals surface area contributed by atoms with Crippen molar-refractivity contribution in [3.63, 3.8) is 0 Å². The number of hydrogen-bond acceptors (Lipinski definition) is 4. The molecule has 0 aliphatic heterocycles. The molecule has 1 rings (SSSR count). The summed E-state index contributed by atoms with van der Waals surface area (Å²) in [6.45, 7) is 0.351. The molecule has 6 heteroatoms. The molecule has 0 aromatic heterocycles. The Balaban J connectivity index is 2.13. The highest BCUT2D eigenvalue weighted by molar-refractivity contribution is 9.10. The molecule has 1 aromatic carbocycles. The number of amides is 1. The van der Waals surface area contributed by atoms with Crippen molar-refractivity contribution in [1.29, 1.82) is 0 Å². The number of ether oxygens (including phenoxy) is 2. The van der Waals surface area contributed by atoms with Crippen molar-refractivity contribution in [2.24, 2.45) is 0 Å². The summed E-state index contributed by atoms with van der Waals surface area (Å²) in [6.07, 6.45) is 0.893. The molecule has 0 aliphatic rings. The summed E-state index contributed by atoms with van der Waals surface area (Å²) in [6, 6.07) is 7.50. The average molecular weight is 330 g/mol. The van der Waals surface area contributed by atoms with Gasteiger partial charge in [-0.2, -0.15) is 0 Å². The zero-order chi connectivity index (χ0) is 14.1. The van der Waals surface area contributed by atoms with Crippen molar-refractivity contribution in [3.05, 3.63) is 28.7 Å². The lowest BCUT2D eigenvalue weighted by Gasteiger charge is -2.06. The van der Waals surface area contributed by atoms with Crippen LogP contribution in [0, 0.1) is 0 Å². The second-order valence-electron chi connectivity index (χ2n) is 3.76. The van der Waals surface area contributed by atoms with Crippen LogP contribution < -0.4 is 10.1 Å². The topological polar surface area (TPSA) is 64.6 Å². The zero-order valence-electron chi connectivity index (χ0n) is 10.6. The summed E-state index contributed by atoms with van der Waals surface area (Å²) >= 11 is 3.35. The van der Waals surface area contributed by atoms with Crippen LogP contribution in [0.5, 0.6) is 5.75 Å². The van der Waals surface area contributed by atoms with Crippen molar-refractivity contribution >= 4 is 27.8 Å². The van der Waals surface area contributed by atoms with Gasteiger partial charge < -0.3 is 14.8 Å². The first kappa shape index (κ1) is 15.5. The summed E-state index contributed by atoms with van der Waals surface area (Å²) < 4.78 is 10.8. The molecule has 19 heavy (non-hydrogen) atoms. The van der Waals surface area contributed by atoms with E-state index >= 15 is 0 Å². The van der Waals surface area contributed by atoms with Crippen molar-refractivity contribution < 1.29 is 19.1 Å². The first-order valence-electron chi connectivity index (χ1n) is 5.83. The smallest absolute Gasteiger partial charge is 0.325 e. The van der Waals surface area contributed by atoms with Crippen LogP contribution in [0.4, 0.5) is 0 Å². The number of nitrogens with one attached hydrogen (secondary N) is 1. The van der Waals surface area contributed by atoms with Gasteiger partial charge in [-0.1, -0.05) is 22.0 Å². The Hall–Kier alpha value is -1.56. The van der Waals surface area contributed by atoms with Gasteiger partial charge >= 0.3 is 5.97 Å². The third-order valence-corrected chi connectivity index (χ3v) is 2.76. The molecule has 104 valence electrons. The number of carbonyl (C=O) groups is 2. The van der Waals surface area contributed by atoms with Crippen molar-refractivity contribution in [3.8, 4) is 5.75 Å². The molecule has 0 atom stereocenters. The van der Waals surface area contributed by atoms with E-state index in [-0.39, 0.29) is 12.5 Å². The standard InChI is InChI=1S/C13H16BrNO4/c1-18-13(17)9-15-12(16)6-3-7-19-11-5-2-4-10(14)8-11/h2,4-5,8H,3,6-7,9H2,1H3,(H,15,16). The summed E-state index contributed by atoms with van der Waals surface area (Å²) in [5, 5.41) is 2.46. The van der Waals surface area contributed by atoms with Crippen LogP contribution in [0.1, 0.15) is 12.8 Å². The van der Waals surface area contributed by atoms with Gasteiger partial charge in [0.15, 0.2) is 0 Å². The van der Waals surface area contributed by atoms with Gasteiger partial charge in [0.25, 0.3) is 0 Å². The van der Waals surface area contributed by atoms with Crippen LogP contribution in [0.15, 0.2) is 28.7 Å². The highest BCUT2D eigenvalue weighted by Gasteiger charge is 2.05. The Labute approximate surface area is 120 Å². The molecule has 0 saturated heterocycles. The normalized spacial score (nSPS) is 9.79. The highest BCUT2D eigenvalue weighted by atomic mass is 79.9. The lowest BCUT2D eigenvalue weighted by molar-refractivity contribution is -0.141. The van der Waals surface area contributed by atoms with E-state index in [0.717, 1.165) is 10.2 Å². The SMILES string of the molecule is COC(=O)CNC(=O)CCCOc1cccc(Br)c1. The number of carbonyl (C=O) groups excluding carboxylic acids is 2. The van der Waals surface area contributed by atoms with Gasteiger partial charge in [0, 0.05) is 10.9 Å². The van der Waals surface area contributed by atoms with E-state index in [0.29, 0.717) is 19.4 Å². The number of methoxy groups -OCH3 is 1.